The molecule has 0 heterocycles. The molecule has 1 rings (SSSR count). The predicted octanol–water partition coefficient (Wildman–Crippen LogP) is 2.35. The monoisotopic (exact) mass is 148 g/mol. The van der Waals surface area contributed by atoms with Gasteiger partial charge in [-0.15, -0.1) is 0 Å². The van der Waals surface area contributed by atoms with Gasteiger partial charge >= 0.3 is 0 Å². The molecule has 0 saturated heterocycles. The average molecular weight is 149 g/mol. The second-order valence-electron chi connectivity index (χ2n) is 1.93. The lowest BCUT2D eigenvalue weighted by Crippen LogP contribution is -1.71. The highest BCUT2D eigenvalue weighted by Gasteiger charge is 1.92. The van der Waals surface area contributed by atoms with Crippen LogP contribution in [0.15, 0.2) is 18.2 Å². The Bertz CT molecular complexity index is 220. The average Bonchev–Trinajstić information content (AvgIpc) is 1.80. The zero-order chi connectivity index (χ0) is 6.85. The SMILES string of the molecule is C[13c]1[13cH][13c](O)[13cH][13cH][13c]1Cl. The van der Waals surface area contributed by atoms with E-state index in [2.05, 4.69) is 0 Å². The first kappa shape index (κ1) is 6.43. The highest BCUT2D eigenvalue weighted by molar-refractivity contribution is 6.31. The first-order valence-electron chi connectivity index (χ1n) is 2.65. The molecule has 0 radical (unpaired) electrons. The van der Waals surface area contributed by atoms with E-state index in [1.807, 2.05) is 6.92 Å². The Morgan fingerprint density at radius 2 is 2.11 bits per heavy atom. The molecule has 0 amide bonds. The summed E-state index contributed by atoms with van der Waals surface area (Å²) in [5.74, 6) is 0.261. The van der Waals surface area contributed by atoms with Gasteiger partial charge in [-0.1, -0.05) is 11.6 Å². The summed E-state index contributed by atoms with van der Waals surface area (Å²) >= 11 is 5.67. The Morgan fingerprint density at radius 3 is 2.56 bits per heavy atom. The second-order valence-corrected chi connectivity index (χ2v) is 2.34. The van der Waals surface area contributed by atoms with Crippen LogP contribution in [0.3, 0.4) is 0 Å². The number of rotatable bonds is 0. The molecule has 0 aliphatic rings. The number of hydrogen-bond donors (Lipinski definition) is 1. The summed E-state index contributed by atoms with van der Waals surface area (Å²) < 4.78 is 0. The molecule has 0 aliphatic heterocycles. The van der Waals surface area contributed by atoms with Gasteiger partial charge in [-0.05, 0) is 30.7 Å². The fourth-order valence-electron chi connectivity index (χ4n) is 0.629. The quantitative estimate of drug-likeness (QED) is 0.599. The number of hydrogen-bond acceptors (Lipinski definition) is 1. The molecule has 0 spiro atoms. The number of aromatic hydroxyl groups is 1. The maximum Gasteiger partial charge on any atom is 0.115 e. The van der Waals surface area contributed by atoms with Crippen molar-refractivity contribution < 1.29 is 5.11 Å². The molecule has 1 aromatic carbocycles. The van der Waals surface area contributed by atoms with E-state index < -0.39 is 0 Å². The number of benzene rings is 1. The fraction of sp³-hybridized carbons (Fsp3) is 0.143. The summed E-state index contributed by atoms with van der Waals surface area (Å²) in [6.07, 6.45) is 0. The minimum Gasteiger partial charge on any atom is -0.508 e. The van der Waals surface area contributed by atoms with E-state index in [0.717, 1.165) is 5.56 Å². The molecule has 1 N–H and O–H groups in total. The van der Waals surface area contributed by atoms with E-state index >= 15 is 0 Å². The molecule has 0 unspecified atom stereocenters. The highest BCUT2D eigenvalue weighted by atomic mass is 35.5. The Balaban J connectivity index is 3.17. The minimum atomic E-state index is 0.261. The summed E-state index contributed by atoms with van der Waals surface area (Å²) in [6, 6.07) is 4.86. The molecule has 9 heavy (non-hydrogen) atoms. The first-order valence-corrected chi connectivity index (χ1v) is 3.03. The lowest BCUT2D eigenvalue weighted by Gasteiger charge is -1.95. The lowest BCUT2D eigenvalue weighted by molar-refractivity contribution is 0.475. The van der Waals surface area contributed by atoms with Gasteiger partial charge in [-0.3, -0.25) is 0 Å². The van der Waals surface area contributed by atoms with Gasteiger partial charge in [0, 0.05) is 5.02 Å². The van der Waals surface area contributed by atoms with E-state index in [1.165, 1.54) is 0 Å². The van der Waals surface area contributed by atoms with Gasteiger partial charge in [0.1, 0.15) is 5.75 Å². The Morgan fingerprint density at radius 1 is 1.44 bits per heavy atom. The molecule has 1 nitrogen and oxygen atoms in total. The van der Waals surface area contributed by atoms with Crippen molar-refractivity contribution in [3.63, 3.8) is 0 Å². The number of phenols is 1. The van der Waals surface area contributed by atoms with Gasteiger partial charge in [0.15, 0.2) is 0 Å². The summed E-state index contributed by atoms with van der Waals surface area (Å²) in [6.45, 7) is 1.85. The number of phenolic OH excluding ortho intramolecular Hbond substituents is 1. The van der Waals surface area contributed by atoms with Gasteiger partial charge in [0.2, 0.25) is 0 Å². The third-order valence-corrected chi connectivity index (χ3v) is 1.57. The second kappa shape index (κ2) is 2.28. The van der Waals surface area contributed by atoms with Crippen LogP contribution < -0.4 is 0 Å². The van der Waals surface area contributed by atoms with E-state index in [1.54, 1.807) is 18.2 Å². The number of halogens is 1. The summed E-state index contributed by atoms with van der Waals surface area (Å²) in [5.41, 5.74) is 0.900. The zero-order valence-electron chi connectivity index (χ0n) is 5.06. The van der Waals surface area contributed by atoms with Crippen LogP contribution >= 0.6 is 11.6 Å². The summed E-state index contributed by atoms with van der Waals surface area (Å²) in [4.78, 5) is 0. The first-order chi connectivity index (χ1) is 4.20. The molecule has 2 heteroatoms. The standard InChI is InChI=1S/C7H7ClO/c1-5-4-6(9)2-3-7(5)8/h2-4,9H,1H3/i2+1,3+1,4+1,5+1,6+1,7+1. The smallest absolute Gasteiger partial charge is 0.115 e. The lowest BCUT2D eigenvalue weighted by atomic mass is 11.0. The van der Waals surface area contributed by atoms with Gasteiger partial charge in [-0.25, -0.2) is 0 Å². The van der Waals surface area contributed by atoms with Crippen LogP contribution in [0.5, 0.6) is 5.75 Å². The third kappa shape index (κ3) is 1.36. The van der Waals surface area contributed by atoms with Crippen LogP contribution in [0.2, 0.25) is 5.02 Å². The van der Waals surface area contributed by atoms with E-state index in [9.17, 15) is 0 Å². The minimum absolute atomic E-state index is 0.261. The van der Waals surface area contributed by atoms with Crippen molar-refractivity contribution in [1.29, 1.82) is 0 Å². The largest absolute Gasteiger partial charge is 0.508 e. The predicted molar refractivity (Wildman–Crippen MR) is 37.9 cm³/mol. The van der Waals surface area contributed by atoms with E-state index in [-0.39, 0.29) is 5.75 Å². The normalized spacial score (nSPS) is 9.56. The Kier molecular flexibility index (Phi) is 1.63. The Hall–Kier alpha value is -0.690. The van der Waals surface area contributed by atoms with Crippen LogP contribution in [-0.4, -0.2) is 5.11 Å². The molecular formula is C7H7ClO. The van der Waals surface area contributed by atoms with Crippen LogP contribution in [0.4, 0.5) is 0 Å². The molecule has 0 bridgehead atoms. The maximum atomic E-state index is 8.88. The third-order valence-electron chi connectivity index (χ3n) is 1.14. The van der Waals surface area contributed by atoms with Crippen LogP contribution in [-0.2, 0) is 0 Å². The Labute approximate surface area is 58.9 Å². The van der Waals surface area contributed by atoms with Crippen molar-refractivity contribution >= 4 is 11.6 Å². The highest BCUT2D eigenvalue weighted by Crippen LogP contribution is 2.19. The van der Waals surface area contributed by atoms with Gasteiger partial charge in [0.25, 0.3) is 0 Å². The van der Waals surface area contributed by atoms with Gasteiger partial charge < -0.3 is 5.11 Å². The van der Waals surface area contributed by atoms with Crippen molar-refractivity contribution in [2.75, 3.05) is 0 Å². The molecule has 0 atom stereocenters. The molecule has 0 aliphatic carbocycles. The van der Waals surface area contributed by atoms with Crippen molar-refractivity contribution in [1.82, 2.24) is 0 Å². The molecule has 1 aromatic rings. The van der Waals surface area contributed by atoms with Crippen LogP contribution in [0.1, 0.15) is 5.56 Å². The molecule has 48 valence electrons. The van der Waals surface area contributed by atoms with Crippen molar-refractivity contribution in [3.05, 3.63) is 28.8 Å². The van der Waals surface area contributed by atoms with Crippen molar-refractivity contribution in [2.45, 2.75) is 6.92 Å². The van der Waals surface area contributed by atoms with E-state index in [4.69, 9.17) is 16.7 Å². The molecule has 0 saturated carbocycles. The fourth-order valence-corrected chi connectivity index (χ4v) is 0.746. The van der Waals surface area contributed by atoms with E-state index in [0.29, 0.717) is 5.02 Å². The van der Waals surface area contributed by atoms with Gasteiger partial charge in [0.05, 0.1) is 0 Å². The van der Waals surface area contributed by atoms with Crippen molar-refractivity contribution in [2.24, 2.45) is 0 Å². The summed E-state index contributed by atoms with van der Waals surface area (Å²) in [7, 11) is 0. The molecular weight excluding hydrogens is 141 g/mol. The topological polar surface area (TPSA) is 20.2 Å². The summed E-state index contributed by atoms with van der Waals surface area (Å²) in [5, 5.41) is 9.57. The maximum absolute atomic E-state index is 8.88. The molecule has 0 fully saturated rings. The zero-order valence-corrected chi connectivity index (χ0v) is 5.81. The number of aryl methyl sites for hydroxylation is 1. The molecule has 0 aromatic heterocycles. The van der Waals surface area contributed by atoms with Crippen LogP contribution in [0, 0.1) is 6.92 Å². The van der Waals surface area contributed by atoms with Crippen LogP contribution in [0.25, 0.3) is 0 Å². The van der Waals surface area contributed by atoms with Gasteiger partial charge in [-0.2, -0.15) is 0 Å². The van der Waals surface area contributed by atoms with Crippen molar-refractivity contribution in [3.8, 4) is 5.75 Å².